The standard InChI is InChI=1S/C16H18N4O4/c1-10(11-4-6-12(7-5-11)16(21)24-3)19-15-14(20(22)23)13(17-2)8-9-18-15/h4-10H,1-3H3,(H2,17,18,19). The second-order valence-electron chi connectivity index (χ2n) is 5.04. The van der Waals surface area contributed by atoms with Crippen LogP contribution in [0, 0.1) is 10.1 Å². The average Bonchev–Trinajstić information content (AvgIpc) is 2.60. The molecule has 2 rings (SSSR count). The van der Waals surface area contributed by atoms with E-state index in [0.29, 0.717) is 11.3 Å². The zero-order valence-corrected chi connectivity index (χ0v) is 13.6. The van der Waals surface area contributed by atoms with Crippen molar-refractivity contribution >= 4 is 23.2 Å². The first-order valence-electron chi connectivity index (χ1n) is 7.24. The number of nitro groups is 1. The Balaban J connectivity index is 2.25. The highest BCUT2D eigenvalue weighted by molar-refractivity contribution is 5.89. The van der Waals surface area contributed by atoms with Gasteiger partial charge >= 0.3 is 11.7 Å². The first-order chi connectivity index (χ1) is 11.5. The molecule has 126 valence electrons. The summed E-state index contributed by atoms with van der Waals surface area (Å²) >= 11 is 0. The van der Waals surface area contributed by atoms with Crippen molar-refractivity contribution in [3.63, 3.8) is 0 Å². The predicted molar refractivity (Wildman–Crippen MR) is 90.3 cm³/mol. The maximum Gasteiger partial charge on any atom is 0.337 e. The number of nitrogens with one attached hydrogen (secondary N) is 2. The highest BCUT2D eigenvalue weighted by Gasteiger charge is 2.22. The molecule has 8 nitrogen and oxygen atoms in total. The first kappa shape index (κ1) is 17.2. The maximum atomic E-state index is 11.4. The molecule has 0 amide bonds. The molecule has 8 heteroatoms. The van der Waals surface area contributed by atoms with Gasteiger partial charge in [0.15, 0.2) is 0 Å². The Morgan fingerprint density at radius 2 is 1.96 bits per heavy atom. The molecule has 0 fully saturated rings. The van der Waals surface area contributed by atoms with Crippen LogP contribution in [0.5, 0.6) is 0 Å². The lowest BCUT2D eigenvalue weighted by atomic mass is 10.1. The predicted octanol–water partition coefficient (Wildman–Crippen LogP) is 2.99. The number of carbonyl (C=O) groups excluding carboxylic acids is 1. The number of aromatic nitrogens is 1. The van der Waals surface area contributed by atoms with Crippen LogP contribution in [0.25, 0.3) is 0 Å². The van der Waals surface area contributed by atoms with E-state index >= 15 is 0 Å². The molecule has 2 aromatic rings. The van der Waals surface area contributed by atoms with Crippen molar-refractivity contribution in [2.45, 2.75) is 13.0 Å². The number of benzene rings is 1. The van der Waals surface area contributed by atoms with E-state index in [1.807, 2.05) is 6.92 Å². The highest BCUT2D eigenvalue weighted by Crippen LogP contribution is 2.32. The highest BCUT2D eigenvalue weighted by atomic mass is 16.6. The lowest BCUT2D eigenvalue weighted by Crippen LogP contribution is -2.11. The van der Waals surface area contributed by atoms with Gasteiger partial charge in [-0.05, 0) is 30.7 Å². The zero-order valence-electron chi connectivity index (χ0n) is 13.6. The van der Waals surface area contributed by atoms with E-state index < -0.39 is 10.9 Å². The normalized spacial score (nSPS) is 11.5. The molecule has 1 atom stereocenters. The SMILES string of the molecule is CNc1ccnc(NC(C)c2ccc(C(=O)OC)cc2)c1[N+](=O)[O-]. The molecular weight excluding hydrogens is 312 g/mol. The van der Waals surface area contributed by atoms with Crippen LogP contribution in [0.1, 0.15) is 28.9 Å². The third kappa shape index (κ3) is 3.60. The van der Waals surface area contributed by atoms with Gasteiger partial charge in [0.1, 0.15) is 5.69 Å². The van der Waals surface area contributed by atoms with E-state index in [-0.39, 0.29) is 17.5 Å². The van der Waals surface area contributed by atoms with Gasteiger partial charge in [0.2, 0.25) is 5.82 Å². The molecule has 24 heavy (non-hydrogen) atoms. The molecule has 1 aromatic heterocycles. The Kier molecular flexibility index (Phi) is 5.31. The van der Waals surface area contributed by atoms with E-state index in [9.17, 15) is 14.9 Å². The van der Waals surface area contributed by atoms with Gasteiger partial charge in [0, 0.05) is 13.2 Å². The molecule has 0 radical (unpaired) electrons. The summed E-state index contributed by atoms with van der Waals surface area (Å²) in [6, 6.07) is 8.11. The lowest BCUT2D eigenvalue weighted by molar-refractivity contribution is -0.383. The van der Waals surface area contributed by atoms with Gasteiger partial charge in [-0.15, -0.1) is 0 Å². The Morgan fingerprint density at radius 3 is 2.50 bits per heavy atom. The number of carbonyl (C=O) groups is 1. The Labute approximate surface area is 139 Å². The third-order valence-corrected chi connectivity index (χ3v) is 3.56. The summed E-state index contributed by atoms with van der Waals surface area (Å²) in [4.78, 5) is 26.3. The summed E-state index contributed by atoms with van der Waals surface area (Å²) in [5, 5.41) is 17.1. The molecule has 2 N–H and O–H groups in total. The number of rotatable bonds is 6. The fourth-order valence-electron chi connectivity index (χ4n) is 2.26. The maximum absolute atomic E-state index is 11.4. The van der Waals surface area contributed by atoms with E-state index in [0.717, 1.165) is 5.56 Å². The van der Waals surface area contributed by atoms with Crippen molar-refractivity contribution in [2.75, 3.05) is 24.8 Å². The molecule has 0 bridgehead atoms. The summed E-state index contributed by atoms with van der Waals surface area (Å²) in [6.07, 6.45) is 1.49. The van der Waals surface area contributed by atoms with E-state index in [1.165, 1.54) is 13.3 Å². The number of hydrogen-bond donors (Lipinski definition) is 2. The zero-order chi connectivity index (χ0) is 17.7. The van der Waals surface area contributed by atoms with Crippen LogP contribution >= 0.6 is 0 Å². The Bertz CT molecular complexity index is 746. The van der Waals surface area contributed by atoms with Crippen LogP contribution in [0.3, 0.4) is 0 Å². The second-order valence-corrected chi connectivity index (χ2v) is 5.04. The van der Waals surface area contributed by atoms with Crippen molar-refractivity contribution in [3.05, 3.63) is 57.8 Å². The molecule has 1 aromatic carbocycles. The number of anilines is 2. The van der Waals surface area contributed by atoms with Crippen LogP contribution < -0.4 is 10.6 Å². The van der Waals surface area contributed by atoms with E-state index in [1.54, 1.807) is 37.4 Å². The molecule has 0 aliphatic heterocycles. The van der Waals surface area contributed by atoms with Crippen LogP contribution in [-0.4, -0.2) is 30.0 Å². The fourth-order valence-corrected chi connectivity index (χ4v) is 2.26. The monoisotopic (exact) mass is 330 g/mol. The fraction of sp³-hybridized carbons (Fsp3) is 0.250. The van der Waals surface area contributed by atoms with Gasteiger partial charge in [-0.25, -0.2) is 9.78 Å². The number of hydrogen-bond acceptors (Lipinski definition) is 7. The van der Waals surface area contributed by atoms with Crippen molar-refractivity contribution in [1.29, 1.82) is 0 Å². The minimum absolute atomic E-state index is 0.113. The molecule has 0 saturated heterocycles. The molecular formula is C16H18N4O4. The first-order valence-corrected chi connectivity index (χ1v) is 7.24. The van der Waals surface area contributed by atoms with Crippen LogP contribution in [-0.2, 0) is 4.74 Å². The number of nitrogens with zero attached hydrogens (tertiary/aromatic N) is 2. The Hall–Kier alpha value is -3.16. The van der Waals surface area contributed by atoms with Crippen molar-refractivity contribution < 1.29 is 14.5 Å². The number of esters is 1. The van der Waals surface area contributed by atoms with Crippen LogP contribution in [0.4, 0.5) is 17.2 Å². The van der Waals surface area contributed by atoms with Crippen molar-refractivity contribution in [3.8, 4) is 0 Å². The van der Waals surface area contributed by atoms with Gasteiger partial charge in [-0.3, -0.25) is 10.1 Å². The number of pyridine rings is 1. The van der Waals surface area contributed by atoms with Gasteiger partial charge in [0.25, 0.3) is 0 Å². The Morgan fingerprint density at radius 1 is 1.29 bits per heavy atom. The average molecular weight is 330 g/mol. The smallest absolute Gasteiger partial charge is 0.337 e. The van der Waals surface area contributed by atoms with Gasteiger partial charge in [-0.2, -0.15) is 0 Å². The summed E-state index contributed by atoms with van der Waals surface area (Å²) < 4.78 is 4.65. The topological polar surface area (TPSA) is 106 Å². The summed E-state index contributed by atoms with van der Waals surface area (Å²) in [7, 11) is 2.93. The van der Waals surface area contributed by atoms with E-state index in [4.69, 9.17) is 0 Å². The van der Waals surface area contributed by atoms with Gasteiger partial charge < -0.3 is 15.4 Å². The molecule has 0 spiro atoms. The largest absolute Gasteiger partial charge is 0.465 e. The number of methoxy groups -OCH3 is 1. The van der Waals surface area contributed by atoms with E-state index in [2.05, 4.69) is 20.4 Å². The minimum Gasteiger partial charge on any atom is -0.465 e. The molecule has 1 unspecified atom stereocenters. The van der Waals surface area contributed by atoms with Gasteiger partial charge in [0.05, 0.1) is 23.6 Å². The summed E-state index contributed by atoms with van der Waals surface area (Å²) in [6.45, 7) is 1.85. The van der Waals surface area contributed by atoms with Crippen LogP contribution in [0.15, 0.2) is 36.5 Å². The molecule has 0 aliphatic carbocycles. The molecule has 0 saturated carbocycles. The molecule has 0 aliphatic rings. The van der Waals surface area contributed by atoms with Crippen molar-refractivity contribution in [2.24, 2.45) is 0 Å². The second kappa shape index (κ2) is 7.40. The quantitative estimate of drug-likeness (QED) is 0.476. The summed E-state index contributed by atoms with van der Waals surface area (Å²) in [5.41, 5.74) is 1.56. The number of ether oxygens (including phenoxy) is 1. The van der Waals surface area contributed by atoms with Gasteiger partial charge in [-0.1, -0.05) is 12.1 Å². The lowest BCUT2D eigenvalue weighted by Gasteiger charge is -2.16. The van der Waals surface area contributed by atoms with Crippen LogP contribution in [0.2, 0.25) is 0 Å². The van der Waals surface area contributed by atoms with Crippen molar-refractivity contribution in [1.82, 2.24) is 4.98 Å². The molecule has 1 heterocycles. The minimum atomic E-state index is -0.478. The summed E-state index contributed by atoms with van der Waals surface area (Å²) in [5.74, 6) is -0.238. The third-order valence-electron chi connectivity index (χ3n) is 3.56.